The van der Waals surface area contributed by atoms with Crippen molar-refractivity contribution in [2.45, 2.75) is 77.7 Å². The van der Waals surface area contributed by atoms with Crippen molar-refractivity contribution in [3.63, 3.8) is 0 Å². The van der Waals surface area contributed by atoms with Gasteiger partial charge in [-0.05, 0) is 55.6 Å². The van der Waals surface area contributed by atoms with Crippen molar-refractivity contribution in [2.24, 2.45) is 0 Å². The molecule has 0 aromatic heterocycles. The van der Waals surface area contributed by atoms with Crippen LogP contribution in [0, 0.1) is 18.3 Å². The van der Waals surface area contributed by atoms with Gasteiger partial charge in [-0.25, -0.2) is 0 Å². The lowest BCUT2D eigenvalue weighted by molar-refractivity contribution is -0.138. The molecule has 0 N–H and O–H groups in total. The van der Waals surface area contributed by atoms with E-state index < -0.39 is 14.4 Å². The van der Waals surface area contributed by atoms with Gasteiger partial charge < -0.3 is 9.33 Å². The Balaban J connectivity index is 2.22. The Labute approximate surface area is 180 Å². The molecule has 1 aromatic rings. The topological polar surface area (TPSA) is 70.4 Å². The quantitative estimate of drug-likeness (QED) is 0.632. The first-order valence-corrected chi connectivity index (χ1v) is 13.2. The molecule has 1 heterocycles. The van der Waals surface area contributed by atoms with Crippen LogP contribution in [-0.2, 0) is 20.4 Å². The fourth-order valence-electron chi connectivity index (χ4n) is 3.47. The van der Waals surface area contributed by atoms with Gasteiger partial charge in [0.2, 0.25) is 5.91 Å². The van der Waals surface area contributed by atoms with Crippen LogP contribution in [0.15, 0.2) is 12.1 Å². The molecule has 1 fully saturated rings. The maximum atomic E-state index is 13.1. The summed E-state index contributed by atoms with van der Waals surface area (Å²) in [6.07, 6.45) is 0.548. The van der Waals surface area contributed by atoms with Crippen molar-refractivity contribution in [2.75, 3.05) is 6.54 Å². The minimum atomic E-state index is -2.06. The molecule has 0 bridgehead atoms. The highest BCUT2D eigenvalue weighted by Crippen LogP contribution is 2.39. The van der Waals surface area contributed by atoms with E-state index >= 15 is 0 Å². The average Bonchev–Trinajstić information content (AvgIpc) is 3.01. The van der Waals surface area contributed by atoms with Crippen molar-refractivity contribution in [3.8, 4) is 6.07 Å². The zero-order chi connectivity index (χ0) is 22.1. The van der Waals surface area contributed by atoms with Gasteiger partial charge in [-0.2, -0.15) is 5.26 Å². The van der Waals surface area contributed by atoms with Crippen LogP contribution in [0.25, 0.3) is 0 Å². The van der Waals surface area contributed by atoms with Gasteiger partial charge in [-0.15, -0.1) is 0 Å². The molecule has 1 aliphatic rings. The SMILES string of the molecule is CC(=O)[C@@H]1[C@@H](O[Si](C)(C)C(C)(C)C)CCN1C(=O)Cc1ccc(C#N)c(Cl)c1C. The van der Waals surface area contributed by atoms with Crippen LogP contribution in [0.2, 0.25) is 23.2 Å². The summed E-state index contributed by atoms with van der Waals surface area (Å²) in [5, 5.41) is 9.51. The van der Waals surface area contributed by atoms with Crippen molar-refractivity contribution < 1.29 is 14.0 Å². The number of hydrogen-bond donors (Lipinski definition) is 0. The summed E-state index contributed by atoms with van der Waals surface area (Å²) >= 11 is 6.24. The van der Waals surface area contributed by atoms with Crippen molar-refractivity contribution in [3.05, 3.63) is 33.8 Å². The fourth-order valence-corrected chi connectivity index (χ4v) is 5.05. The molecule has 29 heavy (non-hydrogen) atoms. The molecule has 0 radical (unpaired) electrons. The van der Waals surface area contributed by atoms with Crippen molar-refractivity contribution >= 4 is 31.6 Å². The predicted octanol–water partition coefficient (Wildman–Crippen LogP) is 4.64. The normalized spacial score (nSPS) is 19.9. The first-order valence-electron chi connectivity index (χ1n) is 9.96. The Morgan fingerprint density at radius 1 is 1.34 bits per heavy atom. The molecule has 5 nitrogen and oxygen atoms in total. The molecule has 7 heteroatoms. The number of rotatable bonds is 5. The second-order valence-electron chi connectivity index (χ2n) is 9.35. The molecule has 0 saturated carbocycles. The third kappa shape index (κ3) is 4.91. The first-order chi connectivity index (χ1) is 13.3. The molecule has 1 aromatic carbocycles. The maximum absolute atomic E-state index is 13.1. The number of amides is 1. The standard InChI is InChI=1S/C22H31ClN2O3Si/c1-14-16(8-9-17(13-24)20(14)23)12-19(27)25-11-10-18(21(25)15(2)26)28-29(6,7)22(3,4)5/h8-9,18,21H,10-12H2,1-7H3/t18-,21+/m0/s1. The van der Waals surface area contributed by atoms with Crippen LogP contribution in [0.3, 0.4) is 0 Å². The second kappa shape index (κ2) is 8.59. The summed E-state index contributed by atoms with van der Waals surface area (Å²) in [7, 11) is -2.06. The van der Waals surface area contributed by atoms with Gasteiger partial charge in [0, 0.05) is 6.54 Å². The predicted molar refractivity (Wildman–Crippen MR) is 117 cm³/mol. The van der Waals surface area contributed by atoms with E-state index in [0.29, 0.717) is 23.6 Å². The van der Waals surface area contributed by atoms with Crippen molar-refractivity contribution in [1.29, 1.82) is 5.26 Å². The van der Waals surface area contributed by atoms with Crippen molar-refractivity contribution in [1.82, 2.24) is 4.90 Å². The highest BCUT2D eigenvalue weighted by molar-refractivity contribution is 6.74. The summed E-state index contributed by atoms with van der Waals surface area (Å²) in [6, 6.07) is 4.90. The second-order valence-corrected chi connectivity index (χ2v) is 14.5. The maximum Gasteiger partial charge on any atom is 0.227 e. The van der Waals surface area contributed by atoms with Crippen LogP contribution < -0.4 is 0 Å². The summed E-state index contributed by atoms with van der Waals surface area (Å²) in [5.41, 5.74) is 1.90. The number of hydrogen-bond acceptors (Lipinski definition) is 4. The zero-order valence-electron chi connectivity index (χ0n) is 18.4. The van der Waals surface area contributed by atoms with Gasteiger partial charge in [-0.3, -0.25) is 9.59 Å². The molecule has 2 atom stereocenters. The first kappa shape index (κ1) is 23.6. The minimum Gasteiger partial charge on any atom is -0.411 e. The van der Waals surface area contributed by atoms with Gasteiger partial charge in [0.15, 0.2) is 14.1 Å². The number of ketones is 1. The molecule has 1 aliphatic heterocycles. The smallest absolute Gasteiger partial charge is 0.227 e. The summed E-state index contributed by atoms with van der Waals surface area (Å²) in [6.45, 7) is 14.7. The zero-order valence-corrected chi connectivity index (χ0v) is 20.2. The monoisotopic (exact) mass is 434 g/mol. The van der Waals surface area contributed by atoms with Crippen LogP contribution in [0.5, 0.6) is 0 Å². The van der Waals surface area contributed by atoms with E-state index in [1.165, 1.54) is 6.92 Å². The van der Waals surface area contributed by atoms with Crippen LogP contribution in [0.1, 0.15) is 50.8 Å². The lowest BCUT2D eigenvalue weighted by atomic mass is 10.0. The number of carbonyl (C=O) groups is 2. The van der Waals surface area contributed by atoms with E-state index in [1.807, 2.05) is 13.0 Å². The molecule has 1 amide bonds. The molecular weight excluding hydrogens is 404 g/mol. The Morgan fingerprint density at radius 2 is 1.97 bits per heavy atom. The van der Waals surface area contributed by atoms with E-state index in [9.17, 15) is 9.59 Å². The van der Waals surface area contributed by atoms with Gasteiger partial charge >= 0.3 is 0 Å². The van der Waals surface area contributed by atoms with E-state index in [1.54, 1.807) is 17.0 Å². The molecule has 0 spiro atoms. The number of nitrogens with zero attached hydrogens (tertiary/aromatic N) is 2. The highest BCUT2D eigenvalue weighted by Gasteiger charge is 2.46. The molecule has 0 unspecified atom stereocenters. The fraction of sp³-hybridized carbons (Fsp3) is 0.591. The molecule has 2 rings (SSSR count). The number of benzene rings is 1. The number of Topliss-reactive ketones (excluding diaryl/α,β-unsaturated/α-hetero) is 1. The Bertz CT molecular complexity index is 855. The van der Waals surface area contributed by atoms with E-state index in [2.05, 4.69) is 33.9 Å². The van der Waals surface area contributed by atoms with Gasteiger partial charge in [-0.1, -0.05) is 38.4 Å². The lowest BCUT2D eigenvalue weighted by Crippen LogP contribution is -2.51. The molecular formula is C22H31ClN2O3Si. The van der Waals surface area contributed by atoms with Crippen LogP contribution in [0.4, 0.5) is 0 Å². The molecule has 0 aliphatic carbocycles. The van der Waals surface area contributed by atoms with Gasteiger partial charge in [0.1, 0.15) is 12.1 Å². The largest absolute Gasteiger partial charge is 0.411 e. The molecule has 1 saturated heterocycles. The van der Waals surface area contributed by atoms with Gasteiger partial charge in [0.05, 0.1) is 23.1 Å². The number of carbonyl (C=O) groups excluding carboxylic acids is 2. The summed E-state index contributed by atoms with van der Waals surface area (Å²) in [4.78, 5) is 27.2. The molecule has 158 valence electrons. The minimum absolute atomic E-state index is 0.0299. The van der Waals surface area contributed by atoms with E-state index in [0.717, 1.165) is 11.1 Å². The van der Waals surface area contributed by atoms with E-state index in [-0.39, 0.29) is 29.3 Å². The number of halogens is 1. The van der Waals surface area contributed by atoms with Crippen LogP contribution in [-0.4, -0.2) is 43.6 Å². The average molecular weight is 435 g/mol. The van der Waals surface area contributed by atoms with E-state index in [4.69, 9.17) is 21.3 Å². The van der Waals surface area contributed by atoms with Gasteiger partial charge in [0.25, 0.3) is 0 Å². The Morgan fingerprint density at radius 3 is 2.48 bits per heavy atom. The Kier molecular flexibility index (Phi) is 6.99. The summed E-state index contributed by atoms with van der Waals surface area (Å²) < 4.78 is 6.51. The lowest BCUT2D eigenvalue weighted by Gasteiger charge is -2.40. The Hall–Kier alpha value is -1.68. The number of likely N-dealkylation sites (tertiary alicyclic amines) is 1. The number of nitriles is 1. The highest BCUT2D eigenvalue weighted by atomic mass is 35.5. The summed E-state index contributed by atoms with van der Waals surface area (Å²) in [5.74, 6) is -0.162. The van der Waals surface area contributed by atoms with Crippen LogP contribution >= 0.6 is 11.6 Å². The third-order valence-corrected chi connectivity index (χ3v) is 11.3. The third-order valence-electron chi connectivity index (χ3n) is 6.29.